The molecule has 2 aliphatic heterocycles. The van der Waals surface area contributed by atoms with Crippen molar-refractivity contribution in [2.75, 3.05) is 0 Å². The Kier molecular flexibility index (Phi) is 5.79. The standard InChI is InChI=1S/C24H13BrF5N5/c25-17-6-5-14(8-16(17)24(28,29)30)19-7-4-13(9-31-19)11-35-12-21-20(10-32-35)33-23(34-21)15-2-1-3-18(26)22(15)27/h1-10,12H,11H2. The Morgan fingerprint density at radius 3 is 2.43 bits per heavy atom. The molecule has 2 aromatic carbocycles. The van der Waals surface area contributed by atoms with Gasteiger partial charge in [-0.05, 0) is 35.9 Å². The lowest BCUT2D eigenvalue weighted by molar-refractivity contribution is -0.138. The molecule has 35 heavy (non-hydrogen) atoms. The second kappa shape index (κ2) is 8.81. The largest absolute Gasteiger partial charge is 0.417 e. The second-order valence-corrected chi connectivity index (χ2v) is 8.49. The first-order valence-electron chi connectivity index (χ1n) is 10.2. The zero-order valence-corrected chi connectivity index (χ0v) is 19.1. The number of pyridine rings is 1. The molecular formula is C24H13BrF5N5. The fourth-order valence-electron chi connectivity index (χ4n) is 3.52. The first-order chi connectivity index (χ1) is 16.7. The summed E-state index contributed by atoms with van der Waals surface area (Å²) >= 11 is 2.93. The van der Waals surface area contributed by atoms with Crippen molar-refractivity contribution in [2.24, 2.45) is 0 Å². The van der Waals surface area contributed by atoms with Crippen molar-refractivity contribution in [3.63, 3.8) is 0 Å². The van der Waals surface area contributed by atoms with Gasteiger partial charge in [0.25, 0.3) is 0 Å². The predicted octanol–water partition coefficient (Wildman–Crippen LogP) is 6.61. The lowest BCUT2D eigenvalue weighted by Gasteiger charge is -2.11. The summed E-state index contributed by atoms with van der Waals surface area (Å²) in [7, 11) is 0. The van der Waals surface area contributed by atoms with Crippen molar-refractivity contribution < 1.29 is 22.0 Å². The van der Waals surface area contributed by atoms with E-state index in [9.17, 15) is 22.0 Å². The SMILES string of the molecule is Fc1cccc(-c2nc3cnn(Cc4ccc(-c5ccc(Br)c(C(F)(F)F)c5)nc4)cc-3n2)c1F. The van der Waals surface area contributed by atoms with Crippen molar-refractivity contribution in [3.8, 4) is 34.0 Å². The van der Waals surface area contributed by atoms with Crippen LogP contribution in [-0.2, 0) is 12.7 Å². The summed E-state index contributed by atoms with van der Waals surface area (Å²) in [4.78, 5) is 12.8. The van der Waals surface area contributed by atoms with Gasteiger partial charge in [-0.3, -0.25) is 9.67 Å². The van der Waals surface area contributed by atoms with Crippen molar-refractivity contribution >= 4 is 15.9 Å². The summed E-state index contributed by atoms with van der Waals surface area (Å²) in [5.74, 6) is -1.96. The quantitative estimate of drug-likeness (QED) is 0.238. The van der Waals surface area contributed by atoms with E-state index in [1.807, 2.05) is 0 Å². The minimum Gasteiger partial charge on any atom is -0.266 e. The highest BCUT2D eigenvalue weighted by atomic mass is 79.9. The summed E-state index contributed by atoms with van der Waals surface area (Å²) in [5.41, 5.74) is 1.51. The number of imidazole rings is 1. The van der Waals surface area contributed by atoms with E-state index >= 15 is 0 Å². The van der Waals surface area contributed by atoms with Gasteiger partial charge in [0.15, 0.2) is 17.5 Å². The molecule has 176 valence electrons. The summed E-state index contributed by atoms with van der Waals surface area (Å²) in [6, 6.07) is 11.1. The van der Waals surface area contributed by atoms with Gasteiger partial charge in [-0.1, -0.05) is 34.1 Å². The molecule has 0 bridgehead atoms. The van der Waals surface area contributed by atoms with Gasteiger partial charge < -0.3 is 0 Å². The van der Waals surface area contributed by atoms with Crippen LogP contribution in [-0.4, -0.2) is 24.7 Å². The third-order valence-electron chi connectivity index (χ3n) is 5.24. The molecule has 0 radical (unpaired) electrons. The van der Waals surface area contributed by atoms with Gasteiger partial charge >= 0.3 is 6.18 Å². The lowest BCUT2D eigenvalue weighted by atomic mass is 10.1. The monoisotopic (exact) mass is 545 g/mol. The predicted molar refractivity (Wildman–Crippen MR) is 121 cm³/mol. The first-order valence-corrected chi connectivity index (χ1v) is 10.9. The van der Waals surface area contributed by atoms with Gasteiger partial charge in [0.1, 0.15) is 11.4 Å². The number of fused-ring (bicyclic) bond motifs is 1. The Morgan fingerprint density at radius 1 is 0.886 bits per heavy atom. The first kappa shape index (κ1) is 23.0. The Bertz CT molecular complexity index is 1500. The molecule has 0 spiro atoms. The second-order valence-electron chi connectivity index (χ2n) is 7.63. The van der Waals surface area contributed by atoms with Gasteiger partial charge in [-0.25, -0.2) is 18.7 Å². The van der Waals surface area contributed by atoms with Crippen LogP contribution < -0.4 is 0 Å². The van der Waals surface area contributed by atoms with Crippen molar-refractivity contribution in [2.45, 2.75) is 12.7 Å². The molecule has 0 saturated carbocycles. The Balaban J connectivity index is 1.38. The molecule has 0 saturated heterocycles. The maximum Gasteiger partial charge on any atom is 0.417 e. The molecule has 3 heterocycles. The minimum absolute atomic E-state index is 0.0397. The third-order valence-corrected chi connectivity index (χ3v) is 5.94. The van der Waals surface area contributed by atoms with Crippen LogP contribution in [0.4, 0.5) is 22.0 Å². The summed E-state index contributed by atoms with van der Waals surface area (Å²) in [6.45, 7) is 0.299. The number of benzene rings is 2. The van der Waals surface area contributed by atoms with Crippen molar-refractivity contribution in [1.82, 2.24) is 24.7 Å². The fraction of sp³-hybridized carbons (Fsp3) is 0.0833. The Labute approximate surface area is 203 Å². The molecule has 5 nitrogen and oxygen atoms in total. The van der Waals surface area contributed by atoms with Crippen LogP contribution in [0.15, 0.2) is 71.6 Å². The molecule has 0 N–H and O–H groups in total. The van der Waals surface area contributed by atoms with Crippen LogP contribution in [0.3, 0.4) is 0 Å². The van der Waals surface area contributed by atoms with Gasteiger partial charge in [-0.15, -0.1) is 0 Å². The van der Waals surface area contributed by atoms with Crippen LogP contribution in [0.1, 0.15) is 11.1 Å². The highest BCUT2D eigenvalue weighted by Crippen LogP contribution is 2.37. The minimum atomic E-state index is -4.49. The average molecular weight is 546 g/mol. The van der Waals surface area contributed by atoms with Gasteiger partial charge in [-0.2, -0.15) is 18.3 Å². The van der Waals surface area contributed by atoms with E-state index in [0.29, 0.717) is 29.2 Å². The number of aromatic nitrogens is 5. The highest BCUT2D eigenvalue weighted by molar-refractivity contribution is 9.10. The molecule has 1 aromatic heterocycles. The maximum atomic E-state index is 14.1. The number of hydrogen-bond donors (Lipinski definition) is 0. The number of alkyl halides is 3. The summed E-state index contributed by atoms with van der Waals surface area (Å²) < 4.78 is 68.8. The van der Waals surface area contributed by atoms with E-state index in [2.05, 4.69) is 36.0 Å². The summed E-state index contributed by atoms with van der Waals surface area (Å²) in [6.07, 6.45) is 0.139. The molecular weight excluding hydrogens is 533 g/mol. The number of nitrogens with zero attached hydrogens (tertiary/aromatic N) is 5. The van der Waals surface area contributed by atoms with Crippen molar-refractivity contribution in [1.29, 1.82) is 0 Å². The molecule has 3 aromatic rings. The molecule has 0 unspecified atom stereocenters. The zero-order chi connectivity index (χ0) is 24.7. The summed E-state index contributed by atoms with van der Waals surface area (Å²) in [5, 5.41) is 4.27. The van der Waals surface area contributed by atoms with Gasteiger partial charge in [0.2, 0.25) is 0 Å². The van der Waals surface area contributed by atoms with E-state index in [0.717, 1.165) is 17.7 Å². The molecule has 2 aliphatic rings. The molecule has 0 amide bonds. The zero-order valence-electron chi connectivity index (χ0n) is 17.6. The number of rotatable bonds is 4. The van der Waals surface area contributed by atoms with E-state index in [1.54, 1.807) is 35.3 Å². The van der Waals surface area contributed by atoms with Crippen LogP contribution in [0.5, 0.6) is 0 Å². The normalized spacial score (nSPS) is 11.8. The van der Waals surface area contributed by atoms with Crippen LogP contribution in [0.25, 0.3) is 34.0 Å². The third kappa shape index (κ3) is 4.63. The number of halogens is 6. The topological polar surface area (TPSA) is 56.5 Å². The van der Waals surface area contributed by atoms with Crippen LogP contribution in [0.2, 0.25) is 0 Å². The molecule has 5 rings (SSSR count). The average Bonchev–Trinajstić information content (AvgIpc) is 3.24. The van der Waals surface area contributed by atoms with E-state index in [-0.39, 0.29) is 15.9 Å². The molecule has 0 fully saturated rings. The van der Waals surface area contributed by atoms with Crippen molar-refractivity contribution in [3.05, 3.63) is 94.4 Å². The van der Waals surface area contributed by atoms with Gasteiger partial charge in [0.05, 0.1) is 35.8 Å². The Hall–Kier alpha value is -3.73. The molecule has 0 aliphatic carbocycles. The maximum absolute atomic E-state index is 14.1. The Morgan fingerprint density at radius 2 is 1.69 bits per heavy atom. The smallest absolute Gasteiger partial charge is 0.266 e. The van der Waals surface area contributed by atoms with E-state index in [1.165, 1.54) is 24.4 Å². The molecule has 0 atom stereocenters. The molecule has 11 heteroatoms. The van der Waals surface area contributed by atoms with E-state index < -0.39 is 23.4 Å². The lowest BCUT2D eigenvalue weighted by Crippen LogP contribution is -2.07. The fourth-order valence-corrected chi connectivity index (χ4v) is 3.99. The van der Waals surface area contributed by atoms with Gasteiger partial charge in [0, 0.05) is 16.2 Å². The van der Waals surface area contributed by atoms with Crippen LogP contribution >= 0.6 is 15.9 Å². The number of hydrogen-bond acceptors (Lipinski definition) is 4. The van der Waals surface area contributed by atoms with E-state index in [4.69, 9.17) is 0 Å². The highest BCUT2D eigenvalue weighted by Gasteiger charge is 2.33. The van der Waals surface area contributed by atoms with Crippen LogP contribution in [0, 0.1) is 11.6 Å².